The molecule has 0 amide bonds. The molecule has 0 unspecified atom stereocenters. The van der Waals surface area contributed by atoms with E-state index < -0.39 is 15.8 Å². The molecule has 0 aliphatic rings. The molecule has 0 aliphatic carbocycles. The standard InChI is InChI=1S/C19H19NO5S/c1-6-15-11(2)17(20)12(3)18(16(15)19(21)25-5)26(22,23)14-9-7-13(24-4)8-10-14/h1,7-10H,20H2,2-5H3. The Bertz CT molecular complexity index is 1020. The molecule has 2 N–H and O–H groups in total. The van der Waals surface area contributed by atoms with E-state index in [0.717, 1.165) is 7.11 Å². The monoisotopic (exact) mass is 373 g/mol. The molecule has 6 nitrogen and oxygen atoms in total. The van der Waals surface area contributed by atoms with Crippen molar-refractivity contribution in [3.05, 3.63) is 46.5 Å². The molecule has 2 aromatic carbocycles. The Morgan fingerprint density at radius 2 is 1.69 bits per heavy atom. The maximum atomic E-state index is 13.3. The highest BCUT2D eigenvalue weighted by molar-refractivity contribution is 7.91. The van der Waals surface area contributed by atoms with Gasteiger partial charge in [0.25, 0.3) is 0 Å². The van der Waals surface area contributed by atoms with Crippen LogP contribution in [0.1, 0.15) is 27.0 Å². The number of benzene rings is 2. The average Bonchev–Trinajstić information content (AvgIpc) is 2.64. The number of hydrogen-bond acceptors (Lipinski definition) is 6. The van der Waals surface area contributed by atoms with Crippen LogP contribution in [0.15, 0.2) is 34.1 Å². The number of terminal acetylenes is 1. The fourth-order valence-corrected chi connectivity index (χ4v) is 4.41. The van der Waals surface area contributed by atoms with E-state index >= 15 is 0 Å². The van der Waals surface area contributed by atoms with Crippen molar-refractivity contribution < 1.29 is 22.7 Å². The van der Waals surface area contributed by atoms with Crippen LogP contribution >= 0.6 is 0 Å². The molecule has 136 valence electrons. The summed E-state index contributed by atoms with van der Waals surface area (Å²) in [4.78, 5) is 12.1. The van der Waals surface area contributed by atoms with E-state index in [1.165, 1.54) is 38.3 Å². The third-order valence-corrected chi connectivity index (χ3v) is 6.11. The third kappa shape index (κ3) is 3.00. The maximum absolute atomic E-state index is 13.3. The highest BCUT2D eigenvalue weighted by atomic mass is 32.2. The van der Waals surface area contributed by atoms with Crippen molar-refractivity contribution in [2.75, 3.05) is 20.0 Å². The van der Waals surface area contributed by atoms with Gasteiger partial charge in [-0.2, -0.15) is 0 Å². The van der Waals surface area contributed by atoms with Crippen LogP contribution in [-0.2, 0) is 14.6 Å². The zero-order chi connectivity index (χ0) is 19.6. The van der Waals surface area contributed by atoms with E-state index in [1.54, 1.807) is 6.92 Å². The second-order valence-electron chi connectivity index (χ2n) is 5.56. The first-order valence-electron chi connectivity index (χ1n) is 7.57. The predicted octanol–water partition coefficient (Wildman–Crippen LogP) is 2.49. The SMILES string of the molecule is C#Cc1c(C)c(N)c(C)c(S(=O)(=O)c2ccc(OC)cc2)c1C(=O)OC. The largest absolute Gasteiger partial charge is 0.497 e. The number of sulfone groups is 1. The lowest BCUT2D eigenvalue weighted by Crippen LogP contribution is -2.18. The van der Waals surface area contributed by atoms with Gasteiger partial charge in [0.05, 0.1) is 29.6 Å². The number of rotatable bonds is 4. The Morgan fingerprint density at radius 1 is 1.12 bits per heavy atom. The van der Waals surface area contributed by atoms with E-state index in [-0.39, 0.29) is 32.2 Å². The molecule has 26 heavy (non-hydrogen) atoms. The van der Waals surface area contributed by atoms with Crippen molar-refractivity contribution in [1.29, 1.82) is 0 Å². The highest BCUT2D eigenvalue weighted by Crippen LogP contribution is 2.36. The van der Waals surface area contributed by atoms with Gasteiger partial charge in [0.1, 0.15) is 5.75 Å². The number of nitrogens with two attached hydrogens (primary N) is 1. The number of carbonyl (C=O) groups excluding carboxylic acids is 1. The fourth-order valence-electron chi connectivity index (χ4n) is 2.71. The maximum Gasteiger partial charge on any atom is 0.340 e. The molecule has 0 fully saturated rings. The minimum absolute atomic E-state index is 0.0159. The number of methoxy groups -OCH3 is 2. The van der Waals surface area contributed by atoms with Crippen LogP contribution in [0.3, 0.4) is 0 Å². The summed E-state index contributed by atoms with van der Waals surface area (Å²) in [6.07, 6.45) is 5.53. The summed E-state index contributed by atoms with van der Waals surface area (Å²) in [7, 11) is -1.45. The topological polar surface area (TPSA) is 95.7 Å². The predicted molar refractivity (Wildman–Crippen MR) is 98.0 cm³/mol. The summed E-state index contributed by atoms with van der Waals surface area (Å²) in [5.74, 6) is 2.03. The number of esters is 1. The lowest BCUT2D eigenvalue weighted by molar-refractivity contribution is 0.0595. The lowest BCUT2D eigenvalue weighted by Gasteiger charge is -2.18. The van der Waals surface area contributed by atoms with Crippen molar-refractivity contribution >= 4 is 21.5 Å². The van der Waals surface area contributed by atoms with Crippen LogP contribution in [0.4, 0.5) is 5.69 Å². The van der Waals surface area contributed by atoms with Gasteiger partial charge in [-0.3, -0.25) is 0 Å². The quantitative estimate of drug-likeness (QED) is 0.503. The normalized spacial score (nSPS) is 10.9. The molecule has 2 aromatic rings. The fraction of sp³-hybridized carbons (Fsp3) is 0.211. The Hall–Kier alpha value is -2.98. The summed E-state index contributed by atoms with van der Waals surface area (Å²) in [6, 6.07) is 5.81. The van der Waals surface area contributed by atoms with Gasteiger partial charge in [-0.05, 0) is 49.2 Å². The number of anilines is 1. The van der Waals surface area contributed by atoms with Gasteiger partial charge in [-0.25, -0.2) is 13.2 Å². The van der Waals surface area contributed by atoms with Crippen LogP contribution in [0.5, 0.6) is 5.75 Å². The van der Waals surface area contributed by atoms with E-state index in [0.29, 0.717) is 11.3 Å². The first-order valence-corrected chi connectivity index (χ1v) is 9.05. The summed E-state index contributed by atoms with van der Waals surface area (Å²) >= 11 is 0. The minimum atomic E-state index is -4.08. The molecule has 0 atom stereocenters. The van der Waals surface area contributed by atoms with Crippen molar-refractivity contribution in [2.45, 2.75) is 23.6 Å². The van der Waals surface area contributed by atoms with Crippen molar-refractivity contribution in [3.8, 4) is 18.1 Å². The van der Waals surface area contributed by atoms with Gasteiger partial charge in [-0.1, -0.05) is 5.92 Å². The van der Waals surface area contributed by atoms with Gasteiger partial charge in [-0.15, -0.1) is 6.42 Å². The number of hydrogen-bond donors (Lipinski definition) is 1. The van der Waals surface area contributed by atoms with E-state index in [1.807, 2.05) is 0 Å². The summed E-state index contributed by atoms with van der Waals surface area (Å²) in [6.45, 7) is 3.17. The van der Waals surface area contributed by atoms with Crippen LogP contribution in [-0.4, -0.2) is 28.6 Å². The minimum Gasteiger partial charge on any atom is -0.497 e. The van der Waals surface area contributed by atoms with Crippen LogP contribution in [0.2, 0.25) is 0 Å². The molecule has 0 radical (unpaired) electrons. The van der Waals surface area contributed by atoms with Gasteiger partial charge in [0.2, 0.25) is 9.84 Å². The van der Waals surface area contributed by atoms with Crippen LogP contribution in [0, 0.1) is 26.2 Å². The van der Waals surface area contributed by atoms with Crippen LogP contribution < -0.4 is 10.5 Å². The Balaban J connectivity index is 2.93. The molecule has 0 spiro atoms. The summed E-state index contributed by atoms with van der Waals surface area (Å²) in [5.41, 5.74) is 6.90. The molecular weight excluding hydrogens is 354 g/mol. The lowest BCUT2D eigenvalue weighted by atomic mass is 9.97. The Morgan fingerprint density at radius 3 is 2.15 bits per heavy atom. The van der Waals surface area contributed by atoms with Crippen molar-refractivity contribution in [1.82, 2.24) is 0 Å². The number of carbonyl (C=O) groups is 1. The average molecular weight is 373 g/mol. The van der Waals surface area contributed by atoms with Gasteiger partial charge >= 0.3 is 5.97 Å². The molecule has 0 heterocycles. The van der Waals surface area contributed by atoms with Gasteiger partial charge in [0.15, 0.2) is 0 Å². The molecule has 0 aromatic heterocycles. The smallest absolute Gasteiger partial charge is 0.340 e. The van der Waals surface area contributed by atoms with E-state index in [9.17, 15) is 13.2 Å². The first kappa shape index (κ1) is 19.3. The highest BCUT2D eigenvalue weighted by Gasteiger charge is 2.32. The zero-order valence-corrected chi connectivity index (χ0v) is 15.7. The van der Waals surface area contributed by atoms with Crippen LogP contribution in [0.25, 0.3) is 0 Å². The number of ether oxygens (including phenoxy) is 2. The number of nitrogen functional groups attached to an aromatic ring is 1. The molecular formula is C19H19NO5S. The Kier molecular flexibility index (Phi) is 5.28. The van der Waals surface area contributed by atoms with Gasteiger partial charge in [0, 0.05) is 11.3 Å². The molecule has 2 rings (SSSR count). The second-order valence-corrected chi connectivity index (χ2v) is 7.44. The summed E-state index contributed by atoms with van der Waals surface area (Å²) < 4.78 is 36.3. The zero-order valence-electron chi connectivity index (χ0n) is 14.9. The van der Waals surface area contributed by atoms with Crippen molar-refractivity contribution in [3.63, 3.8) is 0 Å². The molecule has 0 saturated carbocycles. The molecule has 0 aliphatic heterocycles. The van der Waals surface area contributed by atoms with Gasteiger partial charge < -0.3 is 15.2 Å². The van der Waals surface area contributed by atoms with E-state index in [4.69, 9.17) is 21.6 Å². The molecule has 7 heteroatoms. The van der Waals surface area contributed by atoms with Crippen molar-refractivity contribution in [2.24, 2.45) is 0 Å². The van der Waals surface area contributed by atoms with E-state index in [2.05, 4.69) is 5.92 Å². The first-order chi connectivity index (χ1) is 12.2. The molecule has 0 bridgehead atoms. The third-order valence-electron chi connectivity index (χ3n) is 4.17. The Labute approximate surface area is 152 Å². The summed E-state index contributed by atoms with van der Waals surface area (Å²) in [5, 5.41) is 0. The molecule has 0 saturated heterocycles. The second kappa shape index (κ2) is 7.10.